The lowest BCUT2D eigenvalue weighted by Crippen LogP contribution is -2.31. The molecule has 0 bridgehead atoms. The highest BCUT2D eigenvalue weighted by Crippen LogP contribution is 2.12. The normalized spacial score (nSPS) is 22.9. The average molecular weight is 354 g/mol. The third kappa shape index (κ3) is 9.21. The van der Waals surface area contributed by atoms with Crippen LogP contribution < -0.4 is 10.6 Å². The Morgan fingerprint density at radius 1 is 0.720 bits per heavy atom. The maximum atomic E-state index is 11.7. The first-order valence-electron chi connectivity index (χ1n) is 10.0. The van der Waals surface area contributed by atoms with Crippen LogP contribution in [0, 0.1) is 0 Å². The number of amides is 2. The van der Waals surface area contributed by atoms with Crippen molar-refractivity contribution >= 4 is 11.8 Å². The lowest BCUT2D eigenvalue weighted by Gasteiger charge is -2.11. The van der Waals surface area contributed by atoms with E-state index < -0.39 is 0 Å². The monoisotopic (exact) mass is 354 g/mol. The van der Waals surface area contributed by atoms with Crippen molar-refractivity contribution in [1.82, 2.24) is 10.6 Å². The molecule has 2 N–H and O–H groups in total. The summed E-state index contributed by atoms with van der Waals surface area (Å²) >= 11 is 0. The molecular formula is C19H34N2O4. The van der Waals surface area contributed by atoms with Gasteiger partial charge in [0.2, 0.25) is 11.8 Å². The second-order valence-corrected chi connectivity index (χ2v) is 7.15. The minimum atomic E-state index is 0.129. The van der Waals surface area contributed by atoms with Crippen molar-refractivity contribution < 1.29 is 19.1 Å². The number of carbonyl (C=O) groups excluding carboxylic acids is 2. The second kappa shape index (κ2) is 12.3. The smallest absolute Gasteiger partial charge is 0.220 e. The Labute approximate surface area is 151 Å². The topological polar surface area (TPSA) is 76.7 Å². The van der Waals surface area contributed by atoms with E-state index in [1.807, 2.05) is 0 Å². The van der Waals surface area contributed by atoms with Crippen LogP contribution in [0.25, 0.3) is 0 Å². The van der Waals surface area contributed by atoms with E-state index in [1.54, 1.807) is 0 Å². The van der Waals surface area contributed by atoms with Crippen LogP contribution in [0.5, 0.6) is 0 Å². The Hall–Kier alpha value is -1.14. The van der Waals surface area contributed by atoms with Crippen molar-refractivity contribution in [3.63, 3.8) is 0 Å². The molecule has 0 spiro atoms. The molecule has 0 aliphatic carbocycles. The van der Waals surface area contributed by atoms with Crippen molar-refractivity contribution in [2.75, 3.05) is 26.3 Å². The van der Waals surface area contributed by atoms with Gasteiger partial charge in [-0.15, -0.1) is 0 Å². The largest absolute Gasteiger partial charge is 0.376 e. The Morgan fingerprint density at radius 2 is 1.16 bits per heavy atom. The molecule has 25 heavy (non-hydrogen) atoms. The zero-order chi connectivity index (χ0) is 17.7. The summed E-state index contributed by atoms with van der Waals surface area (Å²) in [6.07, 6.45) is 11.0. The zero-order valence-electron chi connectivity index (χ0n) is 15.4. The van der Waals surface area contributed by atoms with Gasteiger partial charge in [-0.3, -0.25) is 9.59 Å². The summed E-state index contributed by atoms with van der Waals surface area (Å²) in [6, 6.07) is 0. The fraction of sp³-hybridized carbons (Fsp3) is 0.895. The van der Waals surface area contributed by atoms with Crippen LogP contribution in [0.4, 0.5) is 0 Å². The minimum Gasteiger partial charge on any atom is -0.376 e. The number of hydrogen-bond donors (Lipinski definition) is 2. The first-order chi connectivity index (χ1) is 12.2. The molecule has 2 aliphatic heterocycles. The van der Waals surface area contributed by atoms with Gasteiger partial charge in [-0.05, 0) is 38.5 Å². The Morgan fingerprint density at radius 3 is 1.56 bits per heavy atom. The number of nitrogens with one attached hydrogen (secondary N) is 2. The third-order valence-corrected chi connectivity index (χ3v) is 4.91. The quantitative estimate of drug-likeness (QED) is 0.527. The van der Waals surface area contributed by atoms with Crippen LogP contribution in [-0.4, -0.2) is 50.3 Å². The lowest BCUT2D eigenvalue weighted by atomic mass is 10.1. The van der Waals surface area contributed by atoms with Crippen LogP contribution in [0.15, 0.2) is 0 Å². The van der Waals surface area contributed by atoms with Crippen molar-refractivity contribution in [2.24, 2.45) is 0 Å². The van der Waals surface area contributed by atoms with Crippen LogP contribution in [0.2, 0.25) is 0 Å². The average Bonchev–Trinajstić information content (AvgIpc) is 3.30. The van der Waals surface area contributed by atoms with Gasteiger partial charge in [0, 0.05) is 39.1 Å². The molecule has 2 aliphatic rings. The molecule has 2 heterocycles. The molecule has 144 valence electrons. The summed E-state index contributed by atoms with van der Waals surface area (Å²) in [7, 11) is 0. The molecule has 0 radical (unpaired) electrons. The predicted molar refractivity (Wildman–Crippen MR) is 96.3 cm³/mol. The molecule has 6 nitrogen and oxygen atoms in total. The van der Waals surface area contributed by atoms with Gasteiger partial charge >= 0.3 is 0 Å². The Kier molecular flexibility index (Phi) is 9.89. The van der Waals surface area contributed by atoms with E-state index >= 15 is 0 Å². The lowest BCUT2D eigenvalue weighted by molar-refractivity contribution is -0.122. The van der Waals surface area contributed by atoms with E-state index in [0.29, 0.717) is 25.9 Å². The highest BCUT2D eigenvalue weighted by atomic mass is 16.5. The van der Waals surface area contributed by atoms with Gasteiger partial charge in [0.05, 0.1) is 12.2 Å². The molecule has 2 rings (SSSR count). The molecule has 0 aromatic carbocycles. The molecule has 6 heteroatoms. The number of carbonyl (C=O) groups is 2. The van der Waals surface area contributed by atoms with Crippen LogP contribution >= 0.6 is 0 Å². The molecule has 0 saturated carbocycles. The fourth-order valence-corrected chi connectivity index (χ4v) is 3.34. The van der Waals surface area contributed by atoms with Gasteiger partial charge in [0.15, 0.2) is 0 Å². The van der Waals surface area contributed by atoms with Gasteiger partial charge in [0.1, 0.15) is 0 Å². The molecule has 2 fully saturated rings. The minimum absolute atomic E-state index is 0.129. The third-order valence-electron chi connectivity index (χ3n) is 4.91. The van der Waals surface area contributed by atoms with Gasteiger partial charge in [0.25, 0.3) is 0 Å². The molecule has 2 amide bonds. The molecule has 2 saturated heterocycles. The van der Waals surface area contributed by atoms with Gasteiger partial charge in [-0.1, -0.05) is 19.3 Å². The summed E-state index contributed by atoms with van der Waals surface area (Å²) in [5.74, 6) is 0.257. The van der Waals surface area contributed by atoms with Gasteiger partial charge in [-0.25, -0.2) is 0 Å². The molecule has 2 atom stereocenters. The van der Waals surface area contributed by atoms with E-state index in [4.69, 9.17) is 9.47 Å². The highest BCUT2D eigenvalue weighted by Gasteiger charge is 2.16. The van der Waals surface area contributed by atoms with E-state index in [1.165, 1.54) is 0 Å². The van der Waals surface area contributed by atoms with Crippen molar-refractivity contribution in [1.29, 1.82) is 0 Å². The number of hydrogen-bond acceptors (Lipinski definition) is 4. The first kappa shape index (κ1) is 20.2. The standard InChI is InChI=1S/C19H34N2O4/c22-18(20-14-16-8-6-12-24-16)10-4-2-1-3-5-11-19(23)21-15-17-9-7-13-25-17/h16-17H,1-15H2,(H,20,22)(H,21,23)/t16-,17-/m1/s1. The summed E-state index contributed by atoms with van der Waals surface area (Å²) in [6.45, 7) is 2.96. The maximum Gasteiger partial charge on any atom is 0.220 e. The van der Waals surface area contributed by atoms with E-state index in [9.17, 15) is 9.59 Å². The SMILES string of the molecule is O=C(CCCCCCCC(=O)NC[C@H]1CCCO1)NC[C@H]1CCCO1. The molecule has 0 unspecified atom stereocenters. The molecule has 0 aromatic rings. The Balaban J connectivity index is 1.34. The van der Waals surface area contributed by atoms with Gasteiger partial charge < -0.3 is 20.1 Å². The number of unbranched alkanes of at least 4 members (excludes halogenated alkanes) is 4. The van der Waals surface area contributed by atoms with E-state index in [0.717, 1.165) is 71.0 Å². The number of rotatable bonds is 12. The van der Waals surface area contributed by atoms with Crippen molar-refractivity contribution in [3.05, 3.63) is 0 Å². The zero-order valence-corrected chi connectivity index (χ0v) is 15.4. The van der Waals surface area contributed by atoms with Crippen LogP contribution in [0.1, 0.15) is 70.6 Å². The molecular weight excluding hydrogens is 320 g/mol. The fourth-order valence-electron chi connectivity index (χ4n) is 3.34. The van der Waals surface area contributed by atoms with Crippen molar-refractivity contribution in [2.45, 2.75) is 82.8 Å². The summed E-state index contributed by atoms with van der Waals surface area (Å²) in [5, 5.41) is 5.90. The molecule has 0 aromatic heterocycles. The highest BCUT2D eigenvalue weighted by molar-refractivity contribution is 5.76. The van der Waals surface area contributed by atoms with E-state index in [2.05, 4.69) is 10.6 Å². The van der Waals surface area contributed by atoms with Crippen molar-refractivity contribution in [3.8, 4) is 0 Å². The summed E-state index contributed by atoms with van der Waals surface area (Å²) in [4.78, 5) is 23.5. The Bertz CT molecular complexity index is 355. The van der Waals surface area contributed by atoms with Gasteiger partial charge in [-0.2, -0.15) is 0 Å². The second-order valence-electron chi connectivity index (χ2n) is 7.15. The summed E-state index contributed by atoms with van der Waals surface area (Å²) in [5.41, 5.74) is 0. The number of ether oxygens (including phenoxy) is 2. The predicted octanol–water partition coefficient (Wildman–Crippen LogP) is 2.31. The maximum absolute atomic E-state index is 11.7. The first-order valence-corrected chi connectivity index (χ1v) is 10.0. The summed E-state index contributed by atoms with van der Waals surface area (Å²) < 4.78 is 11.0. The van der Waals surface area contributed by atoms with Crippen LogP contribution in [0.3, 0.4) is 0 Å². The van der Waals surface area contributed by atoms with Crippen LogP contribution in [-0.2, 0) is 19.1 Å². The van der Waals surface area contributed by atoms with E-state index in [-0.39, 0.29) is 24.0 Å².